The zero-order chi connectivity index (χ0) is 20.8. The quantitative estimate of drug-likeness (QED) is 0.419. The van der Waals surface area contributed by atoms with Crippen LogP contribution in [-0.2, 0) is 32.0 Å². The van der Waals surface area contributed by atoms with Crippen molar-refractivity contribution < 1.29 is 19.1 Å². The van der Waals surface area contributed by atoms with Crippen LogP contribution < -0.4 is 10.6 Å². The van der Waals surface area contributed by atoms with Crippen molar-refractivity contribution in [1.29, 1.82) is 0 Å². The van der Waals surface area contributed by atoms with Gasteiger partial charge in [-0.1, -0.05) is 18.2 Å². The van der Waals surface area contributed by atoms with Gasteiger partial charge < -0.3 is 25.3 Å². The Bertz CT molecular complexity index is 995. The number of aromatic nitrogens is 3. The van der Waals surface area contributed by atoms with Gasteiger partial charge in [-0.2, -0.15) is 0 Å². The van der Waals surface area contributed by atoms with E-state index < -0.39 is 24.0 Å². The number of para-hydroxylation sites is 1. The molecule has 0 saturated heterocycles. The van der Waals surface area contributed by atoms with E-state index in [9.17, 15) is 14.4 Å². The minimum Gasteiger partial charge on any atom is -0.467 e. The number of nitrogens with one attached hydrogen (secondary N) is 4. The maximum Gasteiger partial charge on any atom is 0.328 e. The number of amides is 2. The molecule has 0 spiro atoms. The molecular formula is C20H23N5O4. The third-order valence-corrected chi connectivity index (χ3v) is 4.57. The number of H-pyrrole nitrogens is 2. The molecule has 3 rings (SSSR count). The van der Waals surface area contributed by atoms with Gasteiger partial charge >= 0.3 is 5.97 Å². The molecule has 2 atom stereocenters. The number of rotatable bonds is 8. The largest absolute Gasteiger partial charge is 0.467 e. The molecule has 2 heterocycles. The molecule has 29 heavy (non-hydrogen) atoms. The summed E-state index contributed by atoms with van der Waals surface area (Å²) in [5, 5.41) is 6.29. The van der Waals surface area contributed by atoms with Crippen molar-refractivity contribution in [2.24, 2.45) is 0 Å². The van der Waals surface area contributed by atoms with E-state index in [2.05, 4.69) is 25.6 Å². The lowest BCUT2D eigenvalue weighted by Crippen LogP contribution is -2.53. The van der Waals surface area contributed by atoms with Gasteiger partial charge in [-0.25, -0.2) is 9.78 Å². The summed E-state index contributed by atoms with van der Waals surface area (Å²) in [5.41, 5.74) is 2.50. The first-order valence-corrected chi connectivity index (χ1v) is 9.15. The lowest BCUT2D eigenvalue weighted by atomic mass is 10.0. The first-order valence-electron chi connectivity index (χ1n) is 9.15. The summed E-state index contributed by atoms with van der Waals surface area (Å²) in [7, 11) is 1.27. The van der Waals surface area contributed by atoms with Gasteiger partial charge in [0.2, 0.25) is 11.8 Å². The van der Waals surface area contributed by atoms with Crippen LogP contribution in [0.25, 0.3) is 10.9 Å². The smallest absolute Gasteiger partial charge is 0.328 e. The van der Waals surface area contributed by atoms with Crippen LogP contribution in [0.4, 0.5) is 0 Å². The summed E-state index contributed by atoms with van der Waals surface area (Å²) in [5.74, 6) is -1.40. The molecule has 0 aliphatic rings. The van der Waals surface area contributed by atoms with Gasteiger partial charge in [0.1, 0.15) is 12.1 Å². The van der Waals surface area contributed by atoms with Crippen molar-refractivity contribution >= 4 is 28.7 Å². The van der Waals surface area contributed by atoms with Crippen LogP contribution in [0.5, 0.6) is 0 Å². The second-order valence-electron chi connectivity index (χ2n) is 6.68. The van der Waals surface area contributed by atoms with Crippen molar-refractivity contribution in [1.82, 2.24) is 25.6 Å². The fourth-order valence-electron chi connectivity index (χ4n) is 3.20. The average molecular weight is 397 g/mol. The van der Waals surface area contributed by atoms with E-state index in [-0.39, 0.29) is 18.7 Å². The van der Waals surface area contributed by atoms with Crippen LogP contribution in [0.3, 0.4) is 0 Å². The molecule has 4 N–H and O–H groups in total. The molecule has 152 valence electrons. The van der Waals surface area contributed by atoms with Crippen molar-refractivity contribution in [3.63, 3.8) is 0 Å². The molecule has 0 aliphatic heterocycles. The van der Waals surface area contributed by atoms with E-state index in [4.69, 9.17) is 4.74 Å². The molecule has 0 aliphatic carbocycles. The van der Waals surface area contributed by atoms with Gasteiger partial charge in [-0.15, -0.1) is 0 Å². The second-order valence-corrected chi connectivity index (χ2v) is 6.68. The second kappa shape index (κ2) is 9.05. The first-order chi connectivity index (χ1) is 14.0. The molecule has 2 amide bonds. The monoisotopic (exact) mass is 397 g/mol. The number of hydrogen-bond donors (Lipinski definition) is 4. The summed E-state index contributed by atoms with van der Waals surface area (Å²) in [4.78, 5) is 46.7. The lowest BCUT2D eigenvalue weighted by molar-refractivity contribution is -0.145. The molecule has 0 bridgehead atoms. The topological polar surface area (TPSA) is 129 Å². The van der Waals surface area contributed by atoms with Crippen molar-refractivity contribution in [3.05, 3.63) is 54.2 Å². The van der Waals surface area contributed by atoms with Crippen LogP contribution in [-0.4, -0.2) is 51.9 Å². The Labute approximate surface area is 167 Å². The number of imidazole rings is 1. The molecule has 2 aromatic heterocycles. The van der Waals surface area contributed by atoms with Gasteiger partial charge in [-0.3, -0.25) is 9.59 Å². The summed E-state index contributed by atoms with van der Waals surface area (Å²) in [6.45, 7) is 1.33. The molecule has 0 radical (unpaired) electrons. The highest BCUT2D eigenvalue weighted by molar-refractivity contribution is 5.91. The van der Waals surface area contributed by atoms with E-state index in [1.165, 1.54) is 20.4 Å². The number of methoxy groups -OCH3 is 1. The third kappa shape index (κ3) is 5.01. The number of benzene rings is 1. The summed E-state index contributed by atoms with van der Waals surface area (Å²) in [6.07, 6.45) is 5.34. The normalized spacial score (nSPS) is 12.9. The average Bonchev–Trinajstić information content (AvgIpc) is 3.36. The highest BCUT2D eigenvalue weighted by Gasteiger charge is 2.28. The number of hydrogen-bond acceptors (Lipinski definition) is 5. The highest BCUT2D eigenvalue weighted by atomic mass is 16.5. The van der Waals surface area contributed by atoms with Crippen LogP contribution in [0.1, 0.15) is 18.2 Å². The molecular weight excluding hydrogens is 374 g/mol. The van der Waals surface area contributed by atoms with Crippen LogP contribution in [0.15, 0.2) is 43.0 Å². The Kier molecular flexibility index (Phi) is 6.28. The molecule has 0 unspecified atom stereocenters. The van der Waals surface area contributed by atoms with Gasteiger partial charge in [0.15, 0.2) is 0 Å². The Hall–Kier alpha value is -3.62. The summed E-state index contributed by atoms with van der Waals surface area (Å²) < 4.78 is 4.87. The van der Waals surface area contributed by atoms with Crippen molar-refractivity contribution in [3.8, 4) is 0 Å². The van der Waals surface area contributed by atoms with Crippen LogP contribution in [0.2, 0.25) is 0 Å². The highest BCUT2D eigenvalue weighted by Crippen LogP contribution is 2.19. The van der Waals surface area contributed by atoms with Gasteiger partial charge in [0.05, 0.1) is 13.4 Å². The van der Waals surface area contributed by atoms with Crippen molar-refractivity contribution in [2.75, 3.05) is 7.11 Å². The van der Waals surface area contributed by atoms with Crippen LogP contribution >= 0.6 is 0 Å². The van der Waals surface area contributed by atoms with Crippen LogP contribution in [0, 0.1) is 0 Å². The first kappa shape index (κ1) is 20.1. The molecule has 0 fully saturated rings. The maximum atomic E-state index is 12.9. The zero-order valence-corrected chi connectivity index (χ0v) is 16.2. The van der Waals surface area contributed by atoms with Crippen molar-refractivity contribution in [2.45, 2.75) is 31.8 Å². The maximum absolute atomic E-state index is 12.9. The number of esters is 1. The molecule has 9 nitrogen and oxygen atoms in total. The van der Waals surface area contributed by atoms with E-state index >= 15 is 0 Å². The van der Waals surface area contributed by atoms with E-state index in [1.54, 1.807) is 6.20 Å². The third-order valence-electron chi connectivity index (χ3n) is 4.57. The predicted octanol–water partition coefficient (Wildman–Crippen LogP) is 0.839. The fourth-order valence-corrected chi connectivity index (χ4v) is 3.20. The number of nitrogens with zero attached hydrogens (tertiary/aromatic N) is 1. The summed E-state index contributed by atoms with van der Waals surface area (Å²) in [6, 6.07) is 5.93. The number of aromatic amines is 2. The molecule has 3 aromatic rings. The van der Waals surface area contributed by atoms with E-state index in [0.29, 0.717) is 5.69 Å². The van der Waals surface area contributed by atoms with E-state index in [0.717, 1.165) is 16.5 Å². The number of carbonyl (C=O) groups is 3. The molecule has 9 heteroatoms. The number of ether oxygens (including phenoxy) is 1. The minimum atomic E-state index is -0.898. The summed E-state index contributed by atoms with van der Waals surface area (Å²) >= 11 is 0. The number of fused-ring (bicyclic) bond motifs is 1. The Morgan fingerprint density at radius 2 is 1.90 bits per heavy atom. The Morgan fingerprint density at radius 3 is 2.59 bits per heavy atom. The standard InChI is InChI=1S/C20H23N5O4/c1-12(26)24-17(8-14-10-21-11-23-14)19(27)25-18(20(28)29-2)7-13-9-22-16-6-4-3-5-15(13)16/h3-6,9-11,17-18,22H,7-8H2,1-2H3,(H,21,23)(H,24,26)(H,25,27)/t17-,18-/m0/s1. The van der Waals surface area contributed by atoms with E-state index in [1.807, 2.05) is 30.5 Å². The fraction of sp³-hybridized carbons (Fsp3) is 0.300. The Morgan fingerprint density at radius 1 is 1.10 bits per heavy atom. The molecule has 0 saturated carbocycles. The Balaban J connectivity index is 1.77. The van der Waals surface area contributed by atoms with Gasteiger partial charge in [0, 0.05) is 48.8 Å². The zero-order valence-electron chi connectivity index (χ0n) is 16.2. The lowest BCUT2D eigenvalue weighted by Gasteiger charge is -2.21. The van der Waals surface area contributed by atoms with Gasteiger partial charge in [0.25, 0.3) is 0 Å². The minimum absolute atomic E-state index is 0.215. The predicted molar refractivity (Wildman–Crippen MR) is 106 cm³/mol. The number of carbonyl (C=O) groups excluding carboxylic acids is 3. The van der Waals surface area contributed by atoms with Gasteiger partial charge in [-0.05, 0) is 11.6 Å². The molecule has 1 aromatic carbocycles. The SMILES string of the molecule is COC(=O)[C@H](Cc1c[nH]c2ccccc12)NC(=O)[C@H](Cc1cnc[nH]1)NC(C)=O.